The van der Waals surface area contributed by atoms with Crippen LogP contribution in [0.4, 0.5) is 0 Å². The number of amidine groups is 1. The van der Waals surface area contributed by atoms with Gasteiger partial charge in [-0.2, -0.15) is 0 Å². The molecule has 2 heterocycles. The highest BCUT2D eigenvalue weighted by Crippen LogP contribution is 2.19. The van der Waals surface area contributed by atoms with Crippen LogP contribution in [0.15, 0.2) is 28.3 Å². The van der Waals surface area contributed by atoms with Crippen LogP contribution in [0.1, 0.15) is 13.8 Å². The number of carbonyl (C=O) groups is 2. The van der Waals surface area contributed by atoms with Gasteiger partial charge in [-0.15, -0.1) is 4.40 Å². The van der Waals surface area contributed by atoms with Crippen molar-refractivity contribution < 1.29 is 22.7 Å². The minimum atomic E-state index is -3.59. The fraction of sp³-hybridized carbons (Fsp3) is 0.462. The Labute approximate surface area is 128 Å². The minimum Gasteiger partial charge on any atom is -0.449 e. The van der Waals surface area contributed by atoms with Gasteiger partial charge in [-0.1, -0.05) is 0 Å². The molecule has 0 radical (unpaired) electrons. The van der Waals surface area contributed by atoms with E-state index in [1.807, 2.05) is 0 Å². The van der Waals surface area contributed by atoms with Gasteiger partial charge in [-0.05, 0) is 26.0 Å². The first-order valence-corrected chi connectivity index (χ1v) is 8.42. The highest BCUT2D eigenvalue weighted by molar-refractivity contribution is 7.90. The number of fused-ring (bicyclic) bond motifs is 1. The van der Waals surface area contributed by atoms with E-state index in [4.69, 9.17) is 4.74 Å². The maximum atomic E-state index is 12.2. The normalized spacial score (nSPS) is 20.4. The molecule has 22 heavy (non-hydrogen) atoms. The predicted molar refractivity (Wildman–Crippen MR) is 79.4 cm³/mol. The zero-order chi connectivity index (χ0) is 16.3. The number of nitrogens with zero attached hydrogens (tertiary/aromatic N) is 2. The SMILES string of the molecule is CCNC(=O)[C@H](C)OC(=O)C1=CC=CN2CCS(=O)(=O)N=C12. The van der Waals surface area contributed by atoms with E-state index in [1.165, 1.54) is 13.0 Å². The summed E-state index contributed by atoms with van der Waals surface area (Å²) in [6, 6.07) is 0. The maximum absolute atomic E-state index is 12.2. The highest BCUT2D eigenvalue weighted by atomic mass is 32.2. The number of amides is 1. The number of ether oxygens (including phenoxy) is 1. The lowest BCUT2D eigenvalue weighted by Gasteiger charge is -2.28. The number of sulfonamides is 1. The molecule has 1 N–H and O–H groups in total. The van der Waals surface area contributed by atoms with Gasteiger partial charge in [0.1, 0.15) is 5.57 Å². The first-order valence-electron chi connectivity index (χ1n) is 6.81. The molecule has 0 aromatic heterocycles. The molecule has 0 spiro atoms. The van der Waals surface area contributed by atoms with E-state index in [2.05, 4.69) is 9.71 Å². The molecule has 0 aromatic carbocycles. The first kappa shape index (κ1) is 16.2. The maximum Gasteiger partial charge on any atom is 0.342 e. The molecule has 9 heteroatoms. The van der Waals surface area contributed by atoms with Crippen molar-refractivity contribution in [3.8, 4) is 0 Å². The van der Waals surface area contributed by atoms with Gasteiger partial charge in [0.05, 0.1) is 5.75 Å². The lowest BCUT2D eigenvalue weighted by molar-refractivity contribution is -0.150. The van der Waals surface area contributed by atoms with Crippen molar-refractivity contribution >= 4 is 27.7 Å². The number of rotatable bonds is 4. The van der Waals surface area contributed by atoms with Gasteiger partial charge in [0, 0.05) is 19.3 Å². The van der Waals surface area contributed by atoms with E-state index in [1.54, 1.807) is 24.1 Å². The van der Waals surface area contributed by atoms with Crippen LogP contribution in [0.25, 0.3) is 0 Å². The summed E-state index contributed by atoms with van der Waals surface area (Å²) in [6.07, 6.45) is 3.68. The number of likely N-dealkylation sites (N-methyl/N-ethyl adjacent to an activating group) is 1. The summed E-state index contributed by atoms with van der Waals surface area (Å²) in [5.41, 5.74) is 0.0157. The van der Waals surface area contributed by atoms with E-state index in [0.29, 0.717) is 6.54 Å². The lowest BCUT2D eigenvalue weighted by Crippen LogP contribution is -2.42. The Morgan fingerprint density at radius 3 is 2.91 bits per heavy atom. The molecule has 2 rings (SSSR count). The largest absolute Gasteiger partial charge is 0.449 e. The fourth-order valence-electron chi connectivity index (χ4n) is 1.97. The number of nitrogens with one attached hydrogen (secondary N) is 1. The monoisotopic (exact) mass is 327 g/mol. The Bertz CT molecular complexity index is 678. The fourth-order valence-corrected chi connectivity index (χ4v) is 2.96. The van der Waals surface area contributed by atoms with E-state index < -0.39 is 28.0 Å². The molecule has 1 atom stereocenters. The molecule has 1 amide bonds. The zero-order valence-corrected chi connectivity index (χ0v) is 13.1. The average Bonchev–Trinajstić information content (AvgIpc) is 2.45. The molecule has 0 saturated heterocycles. The standard InChI is InChI=1S/C13H17N3O5S/c1-3-14-12(17)9(2)21-13(18)10-5-4-6-16-7-8-22(19,20)15-11(10)16/h4-6,9H,3,7-8H2,1-2H3,(H,14,17)/t9-/m0/s1. The molecule has 8 nitrogen and oxygen atoms in total. The third-order valence-corrected chi connectivity index (χ3v) is 4.23. The van der Waals surface area contributed by atoms with E-state index in [-0.39, 0.29) is 23.7 Å². The summed E-state index contributed by atoms with van der Waals surface area (Å²) in [7, 11) is -3.59. The van der Waals surface area contributed by atoms with Gasteiger partial charge >= 0.3 is 5.97 Å². The van der Waals surface area contributed by atoms with Crippen LogP contribution in [0.5, 0.6) is 0 Å². The Balaban J connectivity index is 2.18. The van der Waals surface area contributed by atoms with Crippen LogP contribution in [0.3, 0.4) is 0 Å². The number of carbonyl (C=O) groups excluding carboxylic acids is 2. The zero-order valence-electron chi connectivity index (χ0n) is 12.3. The van der Waals surface area contributed by atoms with Crippen molar-refractivity contribution in [2.24, 2.45) is 4.40 Å². The topological polar surface area (TPSA) is 105 Å². The molecule has 0 fully saturated rings. The lowest BCUT2D eigenvalue weighted by atomic mass is 10.1. The number of esters is 1. The number of hydrogen-bond donors (Lipinski definition) is 1. The second kappa shape index (κ2) is 6.30. The van der Waals surface area contributed by atoms with Crippen LogP contribution < -0.4 is 5.32 Å². The molecule has 2 aliphatic rings. The van der Waals surface area contributed by atoms with E-state index >= 15 is 0 Å². The Morgan fingerprint density at radius 2 is 2.23 bits per heavy atom. The summed E-state index contributed by atoms with van der Waals surface area (Å²) >= 11 is 0. The van der Waals surface area contributed by atoms with Crippen molar-refractivity contribution in [1.29, 1.82) is 0 Å². The van der Waals surface area contributed by atoms with Crippen LogP contribution in [-0.2, 0) is 24.3 Å². The van der Waals surface area contributed by atoms with Crippen molar-refractivity contribution in [2.45, 2.75) is 20.0 Å². The summed E-state index contributed by atoms with van der Waals surface area (Å²) in [5.74, 6) is -1.29. The van der Waals surface area contributed by atoms with Crippen LogP contribution in [-0.4, -0.2) is 56.0 Å². The molecule has 0 aromatic rings. The molecule has 0 aliphatic carbocycles. The molecule has 0 unspecified atom stereocenters. The third kappa shape index (κ3) is 3.53. The first-order chi connectivity index (χ1) is 10.3. The Morgan fingerprint density at radius 1 is 1.50 bits per heavy atom. The van der Waals surface area contributed by atoms with Crippen molar-refractivity contribution in [3.63, 3.8) is 0 Å². The van der Waals surface area contributed by atoms with Gasteiger partial charge in [0.2, 0.25) is 0 Å². The number of allylic oxidation sites excluding steroid dienone is 2. The molecule has 0 bridgehead atoms. The van der Waals surface area contributed by atoms with Crippen LogP contribution >= 0.6 is 0 Å². The molecular weight excluding hydrogens is 310 g/mol. The number of hydrogen-bond acceptors (Lipinski definition) is 6. The van der Waals surface area contributed by atoms with E-state index in [0.717, 1.165) is 0 Å². The van der Waals surface area contributed by atoms with Gasteiger partial charge < -0.3 is 15.0 Å². The van der Waals surface area contributed by atoms with Crippen molar-refractivity contribution in [1.82, 2.24) is 10.2 Å². The summed E-state index contributed by atoms with van der Waals surface area (Å²) in [6.45, 7) is 3.83. The molecule has 120 valence electrons. The Hall–Kier alpha value is -2.16. The molecule has 0 saturated carbocycles. The smallest absolute Gasteiger partial charge is 0.342 e. The summed E-state index contributed by atoms with van der Waals surface area (Å²) < 4.78 is 31.9. The van der Waals surface area contributed by atoms with Gasteiger partial charge in [0.15, 0.2) is 11.9 Å². The quantitative estimate of drug-likeness (QED) is 0.701. The predicted octanol–water partition coefficient (Wildman–Crippen LogP) is -0.448. The summed E-state index contributed by atoms with van der Waals surface area (Å²) in [4.78, 5) is 25.3. The Kier molecular flexibility index (Phi) is 4.65. The third-order valence-electron chi connectivity index (χ3n) is 3.08. The minimum absolute atomic E-state index is 0.0157. The average molecular weight is 327 g/mol. The summed E-state index contributed by atoms with van der Waals surface area (Å²) in [5, 5.41) is 2.54. The second-order valence-electron chi connectivity index (χ2n) is 4.76. The molecular formula is C13H17N3O5S. The van der Waals surface area contributed by atoms with Crippen molar-refractivity contribution in [3.05, 3.63) is 23.9 Å². The van der Waals surface area contributed by atoms with Gasteiger partial charge in [0.25, 0.3) is 15.9 Å². The molecule has 2 aliphatic heterocycles. The second-order valence-corrected chi connectivity index (χ2v) is 6.51. The van der Waals surface area contributed by atoms with Crippen LogP contribution in [0, 0.1) is 0 Å². The van der Waals surface area contributed by atoms with Crippen LogP contribution in [0.2, 0.25) is 0 Å². The van der Waals surface area contributed by atoms with Gasteiger partial charge in [-0.25, -0.2) is 13.2 Å². The van der Waals surface area contributed by atoms with Crippen molar-refractivity contribution in [2.75, 3.05) is 18.8 Å². The van der Waals surface area contributed by atoms with E-state index in [9.17, 15) is 18.0 Å². The highest BCUT2D eigenvalue weighted by Gasteiger charge is 2.32. The van der Waals surface area contributed by atoms with Gasteiger partial charge in [-0.3, -0.25) is 4.79 Å².